The number of rotatable bonds is 5. The van der Waals surface area contributed by atoms with Gasteiger partial charge in [-0.25, -0.2) is 0 Å². The van der Waals surface area contributed by atoms with Crippen molar-refractivity contribution in [3.8, 4) is 0 Å². The Balaban J connectivity index is 2.23. The highest BCUT2D eigenvalue weighted by molar-refractivity contribution is 5.85. The summed E-state index contributed by atoms with van der Waals surface area (Å²) in [5.74, 6) is 0.122. The first kappa shape index (κ1) is 18.0. The molecule has 0 amide bonds. The molecule has 24 heavy (non-hydrogen) atoms. The zero-order valence-corrected chi connectivity index (χ0v) is 15.2. The molecule has 2 rings (SSSR count). The van der Waals surface area contributed by atoms with Crippen LogP contribution in [0.3, 0.4) is 0 Å². The summed E-state index contributed by atoms with van der Waals surface area (Å²) < 4.78 is 0. The first-order chi connectivity index (χ1) is 11.2. The summed E-state index contributed by atoms with van der Waals surface area (Å²) in [4.78, 5) is 0. The van der Waals surface area contributed by atoms with Crippen LogP contribution in [0, 0.1) is 5.41 Å². The largest absolute Gasteiger partial charge is 0.387 e. The highest BCUT2D eigenvalue weighted by Crippen LogP contribution is 2.26. The Labute approximate surface area is 145 Å². The Morgan fingerprint density at radius 2 is 1.58 bits per heavy atom. The van der Waals surface area contributed by atoms with Crippen molar-refractivity contribution in [1.82, 2.24) is 0 Å². The average molecular weight is 320 g/mol. The van der Waals surface area contributed by atoms with Gasteiger partial charge in [0.2, 0.25) is 0 Å². The van der Waals surface area contributed by atoms with Gasteiger partial charge in [-0.15, -0.1) is 0 Å². The fourth-order valence-electron chi connectivity index (χ4n) is 2.78. The van der Waals surface area contributed by atoms with Gasteiger partial charge in [-0.2, -0.15) is 0 Å². The molecule has 2 aromatic carbocycles. The van der Waals surface area contributed by atoms with Crippen LogP contribution in [0.5, 0.6) is 0 Å². The van der Waals surface area contributed by atoms with Gasteiger partial charge in [0, 0.05) is 5.92 Å². The van der Waals surface area contributed by atoms with Gasteiger partial charge in [-0.05, 0) is 41.0 Å². The zero-order valence-electron chi connectivity index (χ0n) is 15.2. The molecule has 0 aliphatic carbocycles. The molecule has 0 spiro atoms. The normalized spacial score (nSPS) is 12.7. The van der Waals surface area contributed by atoms with Crippen molar-refractivity contribution in [2.75, 3.05) is 0 Å². The molecular formula is C22H28N2. The molecular weight excluding hydrogens is 292 g/mol. The molecule has 0 aromatic heterocycles. The van der Waals surface area contributed by atoms with Crippen molar-refractivity contribution >= 4 is 11.4 Å². The second-order valence-electron chi connectivity index (χ2n) is 7.56. The summed E-state index contributed by atoms with van der Waals surface area (Å²) in [6.07, 6.45) is 0.737. The summed E-state index contributed by atoms with van der Waals surface area (Å²) >= 11 is 0. The van der Waals surface area contributed by atoms with Crippen molar-refractivity contribution in [3.05, 3.63) is 77.4 Å². The van der Waals surface area contributed by atoms with Crippen LogP contribution in [0.15, 0.2) is 55.1 Å². The third kappa shape index (κ3) is 4.35. The van der Waals surface area contributed by atoms with E-state index in [0.717, 1.165) is 23.1 Å². The SMILES string of the molecule is C=C(C)c1ccc(CC(C(=N)N)c2ccc(C(C)(C)C)cc2)cc1. The highest BCUT2D eigenvalue weighted by Gasteiger charge is 2.18. The molecule has 1 atom stereocenters. The second-order valence-corrected chi connectivity index (χ2v) is 7.56. The standard InChI is InChI=1S/C22H28N2/c1-15(2)17-8-6-16(7-9-17)14-20(21(23)24)18-10-12-19(13-11-18)22(3,4)5/h6-13,20H,1,14H2,2-5H3,(H3,23,24). The van der Waals surface area contributed by atoms with Crippen molar-refractivity contribution < 1.29 is 0 Å². The van der Waals surface area contributed by atoms with Crippen LogP contribution >= 0.6 is 0 Å². The van der Waals surface area contributed by atoms with Crippen LogP contribution < -0.4 is 5.73 Å². The minimum Gasteiger partial charge on any atom is -0.387 e. The van der Waals surface area contributed by atoms with E-state index in [9.17, 15) is 0 Å². The monoisotopic (exact) mass is 320 g/mol. The minimum absolute atomic E-state index is 0.0882. The second kappa shape index (κ2) is 7.04. The number of allylic oxidation sites excluding steroid dienone is 1. The van der Waals surface area contributed by atoms with Gasteiger partial charge in [0.05, 0.1) is 5.84 Å². The van der Waals surface area contributed by atoms with Gasteiger partial charge < -0.3 is 5.73 Å². The molecule has 2 nitrogen and oxygen atoms in total. The van der Waals surface area contributed by atoms with E-state index >= 15 is 0 Å². The molecule has 0 fully saturated rings. The smallest absolute Gasteiger partial charge is 0.0985 e. The van der Waals surface area contributed by atoms with Crippen LogP contribution in [-0.2, 0) is 11.8 Å². The van der Waals surface area contributed by atoms with Crippen LogP contribution in [-0.4, -0.2) is 5.84 Å². The number of nitrogens with one attached hydrogen (secondary N) is 1. The summed E-state index contributed by atoms with van der Waals surface area (Å²) in [7, 11) is 0. The Morgan fingerprint density at radius 3 is 2.00 bits per heavy atom. The zero-order chi connectivity index (χ0) is 17.9. The van der Waals surface area contributed by atoms with E-state index in [-0.39, 0.29) is 17.2 Å². The van der Waals surface area contributed by atoms with Crippen molar-refractivity contribution in [2.45, 2.75) is 45.4 Å². The van der Waals surface area contributed by atoms with Crippen LogP contribution in [0.4, 0.5) is 0 Å². The Hall–Kier alpha value is -2.35. The number of nitrogens with two attached hydrogens (primary N) is 1. The molecule has 2 heteroatoms. The number of hydrogen-bond donors (Lipinski definition) is 2. The maximum Gasteiger partial charge on any atom is 0.0985 e. The van der Waals surface area contributed by atoms with Gasteiger partial charge in [0.15, 0.2) is 0 Å². The lowest BCUT2D eigenvalue weighted by molar-refractivity contribution is 0.590. The summed E-state index contributed by atoms with van der Waals surface area (Å²) in [6.45, 7) is 12.6. The molecule has 126 valence electrons. The lowest BCUT2D eigenvalue weighted by Gasteiger charge is -2.21. The molecule has 0 radical (unpaired) electrons. The third-order valence-electron chi connectivity index (χ3n) is 4.44. The predicted molar refractivity (Wildman–Crippen MR) is 105 cm³/mol. The first-order valence-electron chi connectivity index (χ1n) is 8.37. The third-order valence-corrected chi connectivity index (χ3v) is 4.44. The van der Waals surface area contributed by atoms with Gasteiger partial charge in [0.25, 0.3) is 0 Å². The maximum atomic E-state index is 7.99. The van der Waals surface area contributed by atoms with E-state index < -0.39 is 0 Å². The van der Waals surface area contributed by atoms with E-state index in [1.807, 2.05) is 6.92 Å². The fourth-order valence-corrected chi connectivity index (χ4v) is 2.78. The molecule has 3 N–H and O–H groups in total. The molecule has 2 aromatic rings. The van der Waals surface area contributed by atoms with E-state index in [2.05, 4.69) is 75.9 Å². The van der Waals surface area contributed by atoms with Crippen molar-refractivity contribution in [3.63, 3.8) is 0 Å². The highest BCUT2D eigenvalue weighted by atomic mass is 14.7. The van der Waals surface area contributed by atoms with E-state index in [1.54, 1.807) is 0 Å². The first-order valence-corrected chi connectivity index (χ1v) is 8.37. The molecule has 1 unspecified atom stereocenters. The maximum absolute atomic E-state index is 7.99. The van der Waals surface area contributed by atoms with Gasteiger partial charge in [-0.1, -0.05) is 81.5 Å². The van der Waals surface area contributed by atoms with Gasteiger partial charge in [-0.3, -0.25) is 5.41 Å². The molecule has 0 aliphatic rings. The predicted octanol–water partition coefficient (Wildman–Crippen LogP) is 5.28. The molecule has 0 saturated carbocycles. The number of amidine groups is 1. The van der Waals surface area contributed by atoms with Crippen LogP contribution in [0.2, 0.25) is 0 Å². The lowest BCUT2D eigenvalue weighted by atomic mass is 9.84. The Morgan fingerprint density at radius 1 is 1.04 bits per heavy atom. The topological polar surface area (TPSA) is 49.9 Å². The lowest BCUT2D eigenvalue weighted by Crippen LogP contribution is -2.23. The quantitative estimate of drug-likeness (QED) is 0.571. The summed E-state index contributed by atoms with van der Waals surface area (Å²) in [5, 5.41) is 7.99. The average Bonchev–Trinajstić information content (AvgIpc) is 2.52. The van der Waals surface area contributed by atoms with Crippen LogP contribution in [0.1, 0.15) is 55.9 Å². The van der Waals surface area contributed by atoms with E-state index in [4.69, 9.17) is 11.1 Å². The van der Waals surface area contributed by atoms with Crippen molar-refractivity contribution in [2.24, 2.45) is 5.73 Å². The number of hydrogen-bond acceptors (Lipinski definition) is 1. The van der Waals surface area contributed by atoms with Crippen LogP contribution in [0.25, 0.3) is 5.57 Å². The molecule has 0 bridgehead atoms. The molecule has 0 aliphatic heterocycles. The molecule has 0 saturated heterocycles. The van der Waals surface area contributed by atoms with Gasteiger partial charge >= 0.3 is 0 Å². The Kier molecular flexibility index (Phi) is 5.28. The summed E-state index contributed by atoms with van der Waals surface area (Å²) in [6, 6.07) is 16.9. The molecule has 0 heterocycles. The summed E-state index contributed by atoms with van der Waals surface area (Å²) in [5.41, 5.74) is 11.8. The Bertz CT molecular complexity index is 716. The van der Waals surface area contributed by atoms with Gasteiger partial charge in [0.1, 0.15) is 0 Å². The minimum atomic E-state index is -0.0882. The fraction of sp³-hybridized carbons (Fsp3) is 0.318. The number of benzene rings is 2. The van der Waals surface area contributed by atoms with E-state index in [0.29, 0.717) is 0 Å². The van der Waals surface area contributed by atoms with Crippen molar-refractivity contribution in [1.29, 1.82) is 5.41 Å². The van der Waals surface area contributed by atoms with E-state index in [1.165, 1.54) is 11.1 Å².